The predicted molar refractivity (Wildman–Crippen MR) is 284 cm³/mol. The van der Waals surface area contributed by atoms with Crippen molar-refractivity contribution in [3.63, 3.8) is 0 Å². The molecule has 1 atom stereocenters. The van der Waals surface area contributed by atoms with Crippen LogP contribution in [0.25, 0.3) is 20.2 Å². The minimum absolute atomic E-state index is 0.0405. The minimum atomic E-state index is -1.44. The summed E-state index contributed by atoms with van der Waals surface area (Å²) in [6.07, 6.45) is 5.48. The fourth-order valence-corrected chi connectivity index (χ4v) is 10.4. The van der Waals surface area contributed by atoms with E-state index in [-0.39, 0.29) is 17.4 Å². The van der Waals surface area contributed by atoms with Crippen LogP contribution >= 0.6 is 23.1 Å². The SMILES string of the molecule is COc1ccc(C2(O)c3ccc(OC)cc3Sc3cc(OC)c(OCCCCCC(=O)OC(C)(C)C)cc32)cc1.COc1ccc2c(=O)c3cc(OCCCCCC(=O)OC(C)(C)C)c(OC)cc3sc2c1. The van der Waals surface area contributed by atoms with Crippen molar-refractivity contribution in [3.05, 3.63) is 112 Å². The third-order valence-electron chi connectivity index (χ3n) is 11.5. The van der Waals surface area contributed by atoms with Gasteiger partial charge in [0.25, 0.3) is 0 Å². The highest BCUT2D eigenvalue weighted by Crippen LogP contribution is 2.54. The van der Waals surface area contributed by atoms with Crippen LogP contribution in [0.5, 0.6) is 40.2 Å². The topological polar surface area (TPSA) is 155 Å². The molecular formula is C57H68O13S2. The van der Waals surface area contributed by atoms with Crippen molar-refractivity contribution in [2.75, 3.05) is 48.8 Å². The number of esters is 2. The van der Waals surface area contributed by atoms with E-state index < -0.39 is 16.8 Å². The van der Waals surface area contributed by atoms with Crippen LogP contribution in [-0.2, 0) is 24.7 Å². The average molecular weight is 1030 g/mol. The highest BCUT2D eigenvalue weighted by Gasteiger charge is 2.42. The smallest absolute Gasteiger partial charge is 0.306 e. The number of hydrogen-bond donors (Lipinski definition) is 1. The number of rotatable bonds is 20. The number of hydrogen-bond acceptors (Lipinski definition) is 15. The monoisotopic (exact) mass is 1020 g/mol. The molecule has 2 heterocycles. The summed E-state index contributed by atoms with van der Waals surface area (Å²) in [4.78, 5) is 38.5. The van der Waals surface area contributed by atoms with E-state index >= 15 is 0 Å². The number of methoxy groups -OCH3 is 5. The maximum atomic E-state index is 13.0. The maximum Gasteiger partial charge on any atom is 0.306 e. The fourth-order valence-electron chi connectivity index (χ4n) is 8.09. The van der Waals surface area contributed by atoms with Gasteiger partial charge < -0.3 is 47.7 Å². The number of unbranched alkanes of at least 4 members (excludes halogenated alkanes) is 4. The zero-order valence-electron chi connectivity index (χ0n) is 43.3. The first-order valence-corrected chi connectivity index (χ1v) is 25.7. The molecule has 0 aliphatic carbocycles. The number of benzene rings is 5. The van der Waals surface area contributed by atoms with Crippen molar-refractivity contribution in [2.24, 2.45) is 0 Å². The molecule has 1 aromatic heterocycles. The molecule has 0 bridgehead atoms. The van der Waals surface area contributed by atoms with Gasteiger partial charge in [0.05, 0.1) is 48.8 Å². The Labute approximate surface area is 431 Å². The van der Waals surface area contributed by atoms with Gasteiger partial charge in [0.2, 0.25) is 0 Å². The molecule has 7 rings (SSSR count). The second kappa shape index (κ2) is 24.5. The zero-order chi connectivity index (χ0) is 52.2. The van der Waals surface area contributed by atoms with Gasteiger partial charge >= 0.3 is 11.9 Å². The molecule has 0 spiro atoms. The van der Waals surface area contributed by atoms with Crippen LogP contribution in [0.1, 0.15) is 110 Å². The lowest BCUT2D eigenvalue weighted by atomic mass is 9.79. The molecule has 6 aromatic rings. The van der Waals surface area contributed by atoms with E-state index in [9.17, 15) is 19.5 Å². The van der Waals surface area contributed by atoms with Crippen LogP contribution in [-0.4, -0.2) is 77.0 Å². The van der Waals surface area contributed by atoms with Crippen molar-refractivity contribution in [1.82, 2.24) is 0 Å². The van der Waals surface area contributed by atoms with Gasteiger partial charge in [0.15, 0.2) is 28.4 Å². The van der Waals surface area contributed by atoms with Gasteiger partial charge in [-0.25, -0.2) is 0 Å². The molecule has 1 aliphatic heterocycles. The third-order valence-corrected chi connectivity index (χ3v) is 13.8. The lowest BCUT2D eigenvalue weighted by molar-refractivity contribution is -0.156. The Kier molecular flexibility index (Phi) is 18.8. The standard InChI is InChI=1S/C32H38O7S.C25H30O6S/c1-31(2,3)39-30(33)10-8-7-9-17-38-27-19-25-29(20-26(27)37-6)40-28-18-23(36-5)15-16-24(28)32(25,34)21-11-13-22(35-4)14-12-21;1-25(2,3)31-23(26)9-7-6-8-12-30-20-14-18-22(15-19(20)29-5)32-21-13-16(28-4)10-11-17(21)24(18)27/h11-16,18-20,34H,7-10,17H2,1-6H3;10-11,13-15H,6-9,12H2,1-5H3. The van der Waals surface area contributed by atoms with E-state index in [0.717, 1.165) is 63.3 Å². The normalized spacial score (nSPS) is 14.0. The summed E-state index contributed by atoms with van der Waals surface area (Å²) in [7, 11) is 8.04. The number of carbonyl (C=O) groups excluding carboxylic acids is 2. The fraction of sp³-hybridized carbons (Fsp3) is 0.421. The van der Waals surface area contributed by atoms with Crippen LogP contribution in [0.3, 0.4) is 0 Å². The van der Waals surface area contributed by atoms with Crippen LogP contribution in [0.15, 0.2) is 99.5 Å². The van der Waals surface area contributed by atoms with E-state index in [0.29, 0.717) is 88.2 Å². The van der Waals surface area contributed by atoms with Crippen LogP contribution < -0.4 is 38.6 Å². The second-order valence-electron chi connectivity index (χ2n) is 19.2. The Balaban J connectivity index is 0.000000241. The summed E-state index contributed by atoms with van der Waals surface area (Å²) in [6.45, 7) is 12.1. The summed E-state index contributed by atoms with van der Waals surface area (Å²) in [5.74, 6) is 4.05. The van der Waals surface area contributed by atoms with E-state index in [1.54, 1.807) is 65.5 Å². The molecule has 0 radical (unpaired) electrons. The third kappa shape index (κ3) is 14.1. The van der Waals surface area contributed by atoms with Gasteiger partial charge in [0, 0.05) is 60.0 Å². The molecular weight excluding hydrogens is 957 g/mol. The number of aliphatic hydroxyl groups is 1. The number of fused-ring (bicyclic) bond motifs is 4. The Morgan fingerprint density at radius 1 is 0.514 bits per heavy atom. The van der Waals surface area contributed by atoms with Gasteiger partial charge in [-0.1, -0.05) is 30.0 Å². The van der Waals surface area contributed by atoms with E-state index in [2.05, 4.69) is 0 Å². The van der Waals surface area contributed by atoms with Gasteiger partial charge in [-0.3, -0.25) is 14.4 Å². The molecule has 1 N–H and O–H groups in total. The molecule has 0 saturated heterocycles. The average Bonchev–Trinajstić information content (AvgIpc) is 3.34. The first-order valence-electron chi connectivity index (χ1n) is 24.1. The van der Waals surface area contributed by atoms with Crippen molar-refractivity contribution in [3.8, 4) is 40.2 Å². The maximum absolute atomic E-state index is 13.0. The molecule has 386 valence electrons. The highest BCUT2D eigenvalue weighted by molar-refractivity contribution is 7.99. The largest absolute Gasteiger partial charge is 0.497 e. The molecule has 5 aromatic carbocycles. The minimum Gasteiger partial charge on any atom is -0.497 e. The Hall–Kier alpha value is -6.16. The van der Waals surface area contributed by atoms with E-state index in [1.807, 2.05) is 108 Å². The Morgan fingerprint density at radius 2 is 1.01 bits per heavy atom. The molecule has 1 unspecified atom stereocenters. The van der Waals surface area contributed by atoms with Gasteiger partial charge in [-0.2, -0.15) is 0 Å². The molecule has 13 nitrogen and oxygen atoms in total. The van der Waals surface area contributed by atoms with E-state index in [4.69, 9.17) is 42.6 Å². The van der Waals surface area contributed by atoms with Crippen molar-refractivity contribution in [1.29, 1.82) is 0 Å². The summed E-state index contributed by atoms with van der Waals surface area (Å²) >= 11 is 3.07. The summed E-state index contributed by atoms with van der Waals surface area (Å²) in [6, 6.07) is 26.0. The van der Waals surface area contributed by atoms with E-state index in [1.165, 1.54) is 11.3 Å². The lowest BCUT2D eigenvalue weighted by Gasteiger charge is -2.37. The quantitative estimate of drug-likeness (QED) is 0.0438. The molecule has 0 fully saturated rings. The first kappa shape index (κ1) is 55.2. The molecule has 0 saturated carbocycles. The Bertz CT molecular complexity index is 2880. The second-order valence-corrected chi connectivity index (χ2v) is 21.4. The van der Waals surface area contributed by atoms with Crippen molar-refractivity contribution >= 4 is 55.2 Å². The van der Waals surface area contributed by atoms with Crippen molar-refractivity contribution in [2.45, 2.75) is 120 Å². The van der Waals surface area contributed by atoms with Gasteiger partial charge in [-0.15, -0.1) is 11.3 Å². The zero-order valence-corrected chi connectivity index (χ0v) is 44.9. The number of ether oxygens (including phenoxy) is 9. The van der Waals surface area contributed by atoms with Gasteiger partial charge in [0.1, 0.15) is 34.1 Å². The van der Waals surface area contributed by atoms with Crippen LogP contribution in [0.4, 0.5) is 0 Å². The summed E-state index contributed by atoms with van der Waals surface area (Å²) in [5.41, 5.74) is -0.226. The highest BCUT2D eigenvalue weighted by atomic mass is 32.2. The number of carbonyl (C=O) groups is 2. The summed E-state index contributed by atoms with van der Waals surface area (Å²) < 4.78 is 51.8. The first-order chi connectivity index (χ1) is 34.3. The predicted octanol–water partition coefficient (Wildman–Crippen LogP) is 12.5. The molecule has 0 amide bonds. The van der Waals surface area contributed by atoms with Crippen molar-refractivity contribution < 1.29 is 57.3 Å². The molecule has 1 aliphatic rings. The molecule has 72 heavy (non-hydrogen) atoms. The Morgan fingerprint density at radius 3 is 1.57 bits per heavy atom. The van der Waals surface area contributed by atoms with Crippen LogP contribution in [0.2, 0.25) is 0 Å². The van der Waals surface area contributed by atoms with Gasteiger partial charge in [-0.05, 0) is 146 Å². The summed E-state index contributed by atoms with van der Waals surface area (Å²) in [5, 5.41) is 13.8. The lowest BCUT2D eigenvalue weighted by Crippen LogP contribution is -2.32. The van der Waals surface area contributed by atoms with Crippen LogP contribution in [0, 0.1) is 0 Å². The molecule has 15 heteroatoms.